The molecule has 0 bridgehead atoms. The van der Waals surface area contributed by atoms with E-state index in [0.29, 0.717) is 0 Å². The van der Waals surface area contributed by atoms with E-state index in [0.717, 1.165) is 11.3 Å². The normalized spacial score (nSPS) is 10.6. The highest BCUT2D eigenvalue weighted by Crippen LogP contribution is 2.07. The Hall–Kier alpha value is -1.11. The highest BCUT2D eigenvalue weighted by Gasteiger charge is 1.89. The van der Waals surface area contributed by atoms with Gasteiger partial charge in [0.15, 0.2) is 0 Å². The number of aliphatic imine (C=N–C) groups is 1. The van der Waals surface area contributed by atoms with Crippen LogP contribution < -0.4 is 0 Å². The molecule has 11 heavy (non-hydrogen) atoms. The van der Waals surface area contributed by atoms with Gasteiger partial charge in [-0.15, -0.1) is 0 Å². The number of nitrogens with zero attached hydrogens (tertiary/aromatic N) is 1. The third-order valence-electron chi connectivity index (χ3n) is 1.18. The van der Waals surface area contributed by atoms with E-state index < -0.39 is 0 Å². The molecule has 0 N–H and O–H groups in total. The van der Waals surface area contributed by atoms with E-state index in [1.807, 2.05) is 32.9 Å². The number of rotatable bonds is 3. The van der Waals surface area contributed by atoms with Crippen LogP contribution in [0.15, 0.2) is 40.6 Å². The molecule has 1 heteroatoms. The topological polar surface area (TPSA) is 12.4 Å². The lowest BCUT2D eigenvalue weighted by Crippen LogP contribution is -1.77. The molecule has 0 aliphatic carbocycles. The first-order valence-electron chi connectivity index (χ1n) is 3.55. The first-order valence-corrected chi connectivity index (χ1v) is 3.55. The van der Waals surface area contributed by atoms with Crippen LogP contribution in [0.3, 0.4) is 0 Å². The SMILES string of the molecule is C=N/C(=C/C=C(C)C)C(=C)C. The molecule has 0 aromatic heterocycles. The summed E-state index contributed by atoms with van der Waals surface area (Å²) in [6.07, 6.45) is 3.92. The van der Waals surface area contributed by atoms with Gasteiger partial charge in [0.25, 0.3) is 0 Å². The van der Waals surface area contributed by atoms with Crippen molar-refractivity contribution < 1.29 is 0 Å². The summed E-state index contributed by atoms with van der Waals surface area (Å²) in [6.45, 7) is 13.2. The minimum Gasteiger partial charge on any atom is -0.264 e. The highest BCUT2D eigenvalue weighted by atomic mass is 14.7. The monoisotopic (exact) mass is 149 g/mol. The van der Waals surface area contributed by atoms with Crippen LogP contribution in [-0.2, 0) is 0 Å². The molecule has 0 heterocycles. The Morgan fingerprint density at radius 2 is 1.73 bits per heavy atom. The predicted octanol–water partition coefficient (Wildman–Crippen LogP) is 3.11. The van der Waals surface area contributed by atoms with Crippen molar-refractivity contribution in [3.63, 3.8) is 0 Å². The fourth-order valence-electron chi connectivity index (χ4n) is 0.576. The van der Waals surface area contributed by atoms with Crippen molar-refractivity contribution in [2.75, 3.05) is 0 Å². The zero-order chi connectivity index (χ0) is 8.85. The molecule has 0 amide bonds. The van der Waals surface area contributed by atoms with Gasteiger partial charge in [-0.3, -0.25) is 4.99 Å². The average molecular weight is 149 g/mol. The van der Waals surface area contributed by atoms with Crippen LogP contribution in [0.5, 0.6) is 0 Å². The van der Waals surface area contributed by atoms with Crippen molar-refractivity contribution >= 4 is 6.72 Å². The summed E-state index contributed by atoms with van der Waals surface area (Å²) in [7, 11) is 0. The fraction of sp³-hybridized carbons (Fsp3) is 0.300. The summed E-state index contributed by atoms with van der Waals surface area (Å²) in [5.41, 5.74) is 3.04. The summed E-state index contributed by atoms with van der Waals surface area (Å²) in [5.74, 6) is 0. The summed E-state index contributed by atoms with van der Waals surface area (Å²) < 4.78 is 0. The summed E-state index contributed by atoms with van der Waals surface area (Å²) in [5, 5.41) is 0. The molecular formula is C10H15N. The Balaban J connectivity index is 4.50. The second-order valence-corrected chi connectivity index (χ2v) is 2.73. The molecule has 0 spiro atoms. The molecular weight excluding hydrogens is 134 g/mol. The minimum atomic E-state index is 0.853. The molecule has 0 rings (SSSR count). The third kappa shape index (κ3) is 4.31. The molecule has 0 saturated carbocycles. The van der Waals surface area contributed by atoms with E-state index in [4.69, 9.17) is 0 Å². The quantitative estimate of drug-likeness (QED) is 0.432. The number of hydrogen-bond acceptors (Lipinski definition) is 1. The molecule has 0 atom stereocenters. The molecule has 0 fully saturated rings. The van der Waals surface area contributed by atoms with Crippen LogP contribution in [0.25, 0.3) is 0 Å². The van der Waals surface area contributed by atoms with Crippen LogP contribution in [0.1, 0.15) is 20.8 Å². The smallest absolute Gasteiger partial charge is 0.0645 e. The van der Waals surface area contributed by atoms with Gasteiger partial charge in [-0.1, -0.05) is 18.2 Å². The predicted molar refractivity (Wildman–Crippen MR) is 51.9 cm³/mol. The Morgan fingerprint density at radius 1 is 1.18 bits per heavy atom. The van der Waals surface area contributed by atoms with Crippen molar-refractivity contribution in [1.29, 1.82) is 0 Å². The molecule has 0 unspecified atom stereocenters. The molecule has 0 aliphatic rings. The average Bonchev–Trinajstić information content (AvgIpc) is 1.87. The Kier molecular flexibility index (Phi) is 4.20. The van der Waals surface area contributed by atoms with E-state index in [2.05, 4.69) is 18.3 Å². The zero-order valence-corrected chi connectivity index (χ0v) is 7.52. The maximum absolute atomic E-state index is 3.83. The summed E-state index contributed by atoms with van der Waals surface area (Å²) >= 11 is 0. The van der Waals surface area contributed by atoms with Crippen LogP contribution >= 0.6 is 0 Å². The van der Waals surface area contributed by atoms with Gasteiger partial charge in [0.05, 0.1) is 5.70 Å². The van der Waals surface area contributed by atoms with Crippen molar-refractivity contribution in [3.8, 4) is 0 Å². The van der Waals surface area contributed by atoms with Gasteiger partial charge in [0.1, 0.15) is 0 Å². The number of allylic oxidation sites excluding steroid dienone is 4. The van der Waals surface area contributed by atoms with Gasteiger partial charge in [0.2, 0.25) is 0 Å². The minimum absolute atomic E-state index is 0.853. The second kappa shape index (κ2) is 4.67. The summed E-state index contributed by atoms with van der Waals surface area (Å²) in [6, 6.07) is 0. The zero-order valence-electron chi connectivity index (χ0n) is 7.52. The maximum atomic E-state index is 3.83. The molecule has 0 saturated heterocycles. The van der Waals surface area contributed by atoms with Crippen molar-refractivity contribution in [1.82, 2.24) is 0 Å². The van der Waals surface area contributed by atoms with Crippen LogP contribution in [0.2, 0.25) is 0 Å². The van der Waals surface area contributed by atoms with Gasteiger partial charge in [0, 0.05) is 0 Å². The first-order chi connectivity index (χ1) is 5.07. The summed E-state index contributed by atoms with van der Waals surface area (Å²) in [4.78, 5) is 3.83. The fourth-order valence-corrected chi connectivity index (χ4v) is 0.576. The Morgan fingerprint density at radius 3 is 2.00 bits per heavy atom. The van der Waals surface area contributed by atoms with Gasteiger partial charge in [-0.25, -0.2) is 0 Å². The van der Waals surface area contributed by atoms with Crippen LogP contribution in [0, 0.1) is 0 Å². The molecule has 0 aliphatic heterocycles. The Labute approximate surface area is 68.9 Å². The molecule has 0 radical (unpaired) electrons. The van der Waals surface area contributed by atoms with Gasteiger partial charge in [-0.2, -0.15) is 0 Å². The van der Waals surface area contributed by atoms with Crippen molar-refractivity contribution in [3.05, 3.63) is 35.6 Å². The van der Waals surface area contributed by atoms with Gasteiger partial charge >= 0.3 is 0 Å². The van der Waals surface area contributed by atoms with E-state index in [9.17, 15) is 0 Å². The second-order valence-electron chi connectivity index (χ2n) is 2.73. The standard InChI is InChI=1S/C10H15N/c1-8(2)6-7-10(11-5)9(3)4/h6-7H,3,5H2,1-2,4H3/b10-7+. The molecule has 1 nitrogen and oxygen atoms in total. The third-order valence-corrected chi connectivity index (χ3v) is 1.18. The van der Waals surface area contributed by atoms with E-state index in [1.54, 1.807) is 0 Å². The molecule has 60 valence electrons. The van der Waals surface area contributed by atoms with E-state index >= 15 is 0 Å². The lowest BCUT2D eigenvalue weighted by molar-refractivity contribution is 1.30. The van der Waals surface area contributed by atoms with Crippen LogP contribution in [0.4, 0.5) is 0 Å². The van der Waals surface area contributed by atoms with Crippen LogP contribution in [-0.4, -0.2) is 6.72 Å². The largest absolute Gasteiger partial charge is 0.264 e. The Bertz CT molecular complexity index is 215. The molecule has 0 aromatic rings. The van der Waals surface area contributed by atoms with Gasteiger partial charge in [-0.05, 0) is 39.1 Å². The van der Waals surface area contributed by atoms with Crippen molar-refractivity contribution in [2.45, 2.75) is 20.8 Å². The van der Waals surface area contributed by atoms with E-state index in [1.165, 1.54) is 5.57 Å². The first kappa shape index (κ1) is 9.89. The highest BCUT2D eigenvalue weighted by molar-refractivity contribution is 5.38. The molecule has 0 aromatic carbocycles. The number of hydrogen-bond donors (Lipinski definition) is 0. The maximum Gasteiger partial charge on any atom is 0.0645 e. The van der Waals surface area contributed by atoms with Crippen molar-refractivity contribution in [2.24, 2.45) is 4.99 Å². The lowest BCUT2D eigenvalue weighted by atomic mass is 10.2. The lowest BCUT2D eigenvalue weighted by Gasteiger charge is -1.95. The van der Waals surface area contributed by atoms with E-state index in [-0.39, 0.29) is 0 Å². The van der Waals surface area contributed by atoms with Gasteiger partial charge < -0.3 is 0 Å².